The highest BCUT2D eigenvalue weighted by Crippen LogP contribution is 2.49. The van der Waals surface area contributed by atoms with Crippen molar-refractivity contribution in [3.8, 4) is 0 Å². The van der Waals surface area contributed by atoms with Gasteiger partial charge in [0, 0.05) is 19.3 Å². The van der Waals surface area contributed by atoms with Crippen LogP contribution in [0, 0.1) is 12.3 Å². The lowest BCUT2D eigenvalue weighted by Crippen LogP contribution is -2.28. The van der Waals surface area contributed by atoms with E-state index in [2.05, 4.69) is 43.1 Å². The molecule has 88 valence electrons. The van der Waals surface area contributed by atoms with Crippen LogP contribution in [0.4, 0.5) is 5.69 Å². The number of nitrogens with zero attached hydrogens (tertiary/aromatic N) is 1. The van der Waals surface area contributed by atoms with Gasteiger partial charge in [-0.3, -0.25) is 0 Å². The molecule has 0 saturated heterocycles. The molecule has 0 aliphatic heterocycles. The van der Waals surface area contributed by atoms with Crippen LogP contribution in [0.3, 0.4) is 0 Å². The van der Waals surface area contributed by atoms with Gasteiger partial charge < -0.3 is 10.6 Å². The van der Waals surface area contributed by atoms with Gasteiger partial charge in [0.2, 0.25) is 0 Å². The average molecular weight is 218 g/mol. The molecule has 0 unspecified atom stereocenters. The standard InChI is InChI=1S/C14H22N2/c1-12-5-3-4-6-13(12)16(2)11-14(7-8-14)9-10-15/h3-6H,7-11,15H2,1-2H3. The summed E-state index contributed by atoms with van der Waals surface area (Å²) in [7, 11) is 2.19. The average Bonchev–Trinajstić information content (AvgIpc) is 2.99. The van der Waals surface area contributed by atoms with Crippen molar-refractivity contribution in [3.05, 3.63) is 29.8 Å². The van der Waals surface area contributed by atoms with Crippen LogP contribution in [0.25, 0.3) is 0 Å². The number of rotatable bonds is 5. The van der Waals surface area contributed by atoms with Gasteiger partial charge in [-0.25, -0.2) is 0 Å². The molecular weight excluding hydrogens is 196 g/mol. The molecule has 0 amide bonds. The van der Waals surface area contributed by atoms with Gasteiger partial charge in [-0.05, 0) is 49.8 Å². The topological polar surface area (TPSA) is 29.3 Å². The first-order valence-electron chi connectivity index (χ1n) is 6.14. The number of aryl methyl sites for hydroxylation is 1. The minimum atomic E-state index is 0.520. The van der Waals surface area contributed by atoms with Crippen molar-refractivity contribution < 1.29 is 0 Å². The number of benzene rings is 1. The third kappa shape index (κ3) is 2.38. The minimum Gasteiger partial charge on any atom is -0.374 e. The summed E-state index contributed by atoms with van der Waals surface area (Å²) in [4.78, 5) is 2.39. The van der Waals surface area contributed by atoms with Gasteiger partial charge in [-0.15, -0.1) is 0 Å². The molecule has 2 N–H and O–H groups in total. The van der Waals surface area contributed by atoms with Gasteiger partial charge in [-0.1, -0.05) is 18.2 Å². The summed E-state index contributed by atoms with van der Waals surface area (Å²) in [5.41, 5.74) is 8.91. The van der Waals surface area contributed by atoms with E-state index in [9.17, 15) is 0 Å². The van der Waals surface area contributed by atoms with Crippen LogP contribution in [0.2, 0.25) is 0 Å². The van der Waals surface area contributed by atoms with Crippen LogP contribution in [0.1, 0.15) is 24.8 Å². The van der Waals surface area contributed by atoms with Gasteiger partial charge in [0.1, 0.15) is 0 Å². The Bertz CT molecular complexity index is 356. The zero-order chi connectivity index (χ0) is 11.6. The van der Waals surface area contributed by atoms with Crippen molar-refractivity contribution in [2.75, 3.05) is 25.0 Å². The molecule has 1 fully saturated rings. The summed E-state index contributed by atoms with van der Waals surface area (Å²) in [6.45, 7) is 4.14. The fourth-order valence-electron chi connectivity index (χ4n) is 2.55. The quantitative estimate of drug-likeness (QED) is 0.823. The van der Waals surface area contributed by atoms with Crippen molar-refractivity contribution in [1.82, 2.24) is 0 Å². The molecule has 0 spiro atoms. The number of para-hydroxylation sites is 1. The van der Waals surface area contributed by atoms with E-state index in [1.165, 1.54) is 30.5 Å². The molecule has 0 atom stereocenters. The van der Waals surface area contributed by atoms with Crippen LogP contribution in [-0.2, 0) is 0 Å². The van der Waals surface area contributed by atoms with E-state index >= 15 is 0 Å². The molecule has 1 aromatic carbocycles. The second-order valence-electron chi connectivity index (χ2n) is 5.18. The summed E-state index contributed by atoms with van der Waals surface area (Å²) >= 11 is 0. The Morgan fingerprint density at radius 3 is 2.56 bits per heavy atom. The Morgan fingerprint density at radius 2 is 2.00 bits per heavy atom. The van der Waals surface area contributed by atoms with E-state index in [4.69, 9.17) is 5.73 Å². The molecule has 2 nitrogen and oxygen atoms in total. The first-order valence-corrected chi connectivity index (χ1v) is 6.14. The summed E-state index contributed by atoms with van der Waals surface area (Å²) < 4.78 is 0. The maximum Gasteiger partial charge on any atom is 0.0393 e. The first kappa shape index (κ1) is 11.5. The van der Waals surface area contributed by atoms with Crippen molar-refractivity contribution in [2.24, 2.45) is 11.1 Å². The number of anilines is 1. The van der Waals surface area contributed by atoms with Gasteiger partial charge in [0.05, 0.1) is 0 Å². The molecule has 16 heavy (non-hydrogen) atoms. The van der Waals surface area contributed by atoms with Crippen LogP contribution >= 0.6 is 0 Å². The Labute approximate surface area is 98.4 Å². The Morgan fingerprint density at radius 1 is 1.31 bits per heavy atom. The molecule has 1 aliphatic rings. The summed E-state index contributed by atoms with van der Waals surface area (Å²) in [5.74, 6) is 0. The zero-order valence-corrected chi connectivity index (χ0v) is 10.4. The maximum absolute atomic E-state index is 5.68. The highest BCUT2D eigenvalue weighted by Gasteiger charge is 2.42. The zero-order valence-electron chi connectivity index (χ0n) is 10.4. The smallest absolute Gasteiger partial charge is 0.0393 e. The van der Waals surface area contributed by atoms with E-state index in [1.54, 1.807) is 0 Å². The van der Waals surface area contributed by atoms with Crippen molar-refractivity contribution in [3.63, 3.8) is 0 Å². The lowest BCUT2D eigenvalue weighted by molar-refractivity contribution is 0.475. The molecule has 0 bridgehead atoms. The SMILES string of the molecule is Cc1ccccc1N(C)CC1(CCN)CC1. The monoisotopic (exact) mass is 218 g/mol. The third-order valence-corrected chi connectivity index (χ3v) is 3.73. The number of hydrogen-bond donors (Lipinski definition) is 1. The molecule has 0 heterocycles. The van der Waals surface area contributed by atoms with E-state index in [1.807, 2.05) is 0 Å². The van der Waals surface area contributed by atoms with Gasteiger partial charge in [-0.2, -0.15) is 0 Å². The predicted octanol–water partition coefficient (Wildman–Crippen LogP) is 2.56. The number of nitrogens with two attached hydrogens (primary N) is 1. The molecule has 0 aromatic heterocycles. The Hall–Kier alpha value is -1.02. The fourth-order valence-corrected chi connectivity index (χ4v) is 2.55. The van der Waals surface area contributed by atoms with E-state index in [0.717, 1.165) is 13.1 Å². The highest BCUT2D eigenvalue weighted by molar-refractivity contribution is 5.52. The molecule has 2 rings (SSSR count). The summed E-state index contributed by atoms with van der Waals surface area (Å²) in [6, 6.07) is 8.59. The third-order valence-electron chi connectivity index (χ3n) is 3.73. The first-order chi connectivity index (χ1) is 7.67. The lowest BCUT2D eigenvalue weighted by Gasteiger charge is -2.26. The van der Waals surface area contributed by atoms with Crippen LogP contribution < -0.4 is 10.6 Å². The van der Waals surface area contributed by atoms with Crippen molar-refractivity contribution in [2.45, 2.75) is 26.2 Å². The molecule has 0 radical (unpaired) electrons. The second-order valence-corrected chi connectivity index (χ2v) is 5.18. The number of hydrogen-bond acceptors (Lipinski definition) is 2. The molecule has 1 saturated carbocycles. The van der Waals surface area contributed by atoms with Crippen LogP contribution in [0.5, 0.6) is 0 Å². The van der Waals surface area contributed by atoms with Crippen molar-refractivity contribution in [1.29, 1.82) is 0 Å². The van der Waals surface area contributed by atoms with E-state index < -0.39 is 0 Å². The van der Waals surface area contributed by atoms with Crippen LogP contribution in [0.15, 0.2) is 24.3 Å². The lowest BCUT2D eigenvalue weighted by atomic mass is 10.0. The fraction of sp³-hybridized carbons (Fsp3) is 0.571. The molecule has 2 heteroatoms. The Balaban J connectivity index is 2.03. The normalized spacial score (nSPS) is 17.2. The van der Waals surface area contributed by atoms with Crippen molar-refractivity contribution >= 4 is 5.69 Å². The van der Waals surface area contributed by atoms with E-state index in [0.29, 0.717) is 5.41 Å². The maximum atomic E-state index is 5.68. The van der Waals surface area contributed by atoms with Gasteiger partial charge in [0.25, 0.3) is 0 Å². The molecule has 1 aromatic rings. The second kappa shape index (κ2) is 4.46. The Kier molecular flexibility index (Phi) is 3.20. The largest absolute Gasteiger partial charge is 0.374 e. The van der Waals surface area contributed by atoms with E-state index in [-0.39, 0.29) is 0 Å². The highest BCUT2D eigenvalue weighted by atomic mass is 15.1. The van der Waals surface area contributed by atoms with Gasteiger partial charge >= 0.3 is 0 Å². The summed E-state index contributed by atoms with van der Waals surface area (Å²) in [6.07, 6.45) is 3.87. The van der Waals surface area contributed by atoms with Crippen LogP contribution in [-0.4, -0.2) is 20.1 Å². The summed E-state index contributed by atoms with van der Waals surface area (Å²) in [5, 5.41) is 0. The predicted molar refractivity (Wildman–Crippen MR) is 69.8 cm³/mol. The molecule has 1 aliphatic carbocycles. The minimum absolute atomic E-state index is 0.520. The van der Waals surface area contributed by atoms with Gasteiger partial charge in [0.15, 0.2) is 0 Å². The molecular formula is C14H22N2.